The molecule has 28 heavy (non-hydrogen) atoms. The molecule has 1 amide bonds. The van der Waals surface area contributed by atoms with Gasteiger partial charge in [-0.05, 0) is 29.1 Å². The van der Waals surface area contributed by atoms with Crippen LogP contribution in [0.1, 0.15) is 19.4 Å². The zero-order valence-electron chi connectivity index (χ0n) is 16.0. The number of nitrogens with one attached hydrogen (secondary N) is 1. The van der Waals surface area contributed by atoms with Crippen LogP contribution in [0, 0.1) is 5.92 Å². The van der Waals surface area contributed by atoms with Gasteiger partial charge in [-0.1, -0.05) is 31.1 Å². The van der Waals surface area contributed by atoms with Crippen LogP contribution >= 0.6 is 0 Å². The van der Waals surface area contributed by atoms with E-state index >= 15 is 0 Å². The average Bonchev–Trinajstić information content (AvgIpc) is 2.69. The molecule has 154 valence electrons. The lowest BCUT2D eigenvalue weighted by Crippen LogP contribution is -2.47. The number of aliphatic hydroxyl groups is 1. The van der Waals surface area contributed by atoms with Crippen LogP contribution < -0.4 is 10.1 Å². The number of aliphatic hydroxyl groups excluding tert-OH is 1. The fraction of sp³-hybridized carbons (Fsp3) is 0.556. The van der Waals surface area contributed by atoms with Crippen LogP contribution in [-0.4, -0.2) is 55.6 Å². The molecule has 3 atom stereocenters. The average molecular weight is 396 g/mol. The van der Waals surface area contributed by atoms with Crippen molar-refractivity contribution in [3.63, 3.8) is 0 Å². The molecule has 0 spiro atoms. The van der Waals surface area contributed by atoms with Gasteiger partial charge in [0, 0.05) is 11.3 Å². The van der Waals surface area contributed by atoms with E-state index in [2.05, 4.69) is 15.3 Å². The summed E-state index contributed by atoms with van der Waals surface area (Å²) in [5, 5.41) is 15.2. The molecule has 0 fully saturated rings. The summed E-state index contributed by atoms with van der Waals surface area (Å²) in [4.78, 5) is 27.1. The number of alkyl halides is 1. The summed E-state index contributed by atoms with van der Waals surface area (Å²) in [6.45, 7) is 2.38. The van der Waals surface area contributed by atoms with Gasteiger partial charge in [-0.25, -0.2) is 9.18 Å². The number of methoxy groups -OCH3 is 1. The molecule has 0 aromatic heterocycles. The second kappa shape index (κ2) is 11.8. The molecule has 0 aliphatic rings. The molecule has 10 heteroatoms. The molecule has 0 aliphatic heterocycles. The van der Waals surface area contributed by atoms with Gasteiger partial charge in [-0.15, -0.1) is 0 Å². The van der Waals surface area contributed by atoms with Gasteiger partial charge in [0.2, 0.25) is 5.91 Å². The van der Waals surface area contributed by atoms with Crippen LogP contribution in [0.15, 0.2) is 29.4 Å². The fourth-order valence-electron chi connectivity index (χ4n) is 2.33. The minimum absolute atomic E-state index is 0.146. The number of benzene rings is 1. The Kier molecular flexibility index (Phi) is 9.76. The van der Waals surface area contributed by atoms with Crippen LogP contribution in [0.4, 0.5) is 4.39 Å². The Labute approximate surface area is 162 Å². The highest BCUT2D eigenvalue weighted by molar-refractivity contribution is 5.88. The van der Waals surface area contributed by atoms with E-state index in [-0.39, 0.29) is 18.9 Å². The van der Waals surface area contributed by atoms with Gasteiger partial charge >= 0.3 is 5.97 Å². The van der Waals surface area contributed by atoms with Crippen molar-refractivity contribution in [2.24, 2.45) is 11.0 Å². The highest BCUT2D eigenvalue weighted by Crippen LogP contribution is 2.15. The maximum atomic E-state index is 12.4. The Balaban J connectivity index is 2.82. The van der Waals surface area contributed by atoms with Crippen molar-refractivity contribution < 1.29 is 28.6 Å². The molecule has 1 unspecified atom stereocenters. The lowest BCUT2D eigenvalue weighted by molar-refractivity contribution is -0.145. The van der Waals surface area contributed by atoms with Gasteiger partial charge in [0.05, 0.1) is 7.11 Å². The maximum Gasteiger partial charge on any atom is 0.328 e. The number of hydrogen-bond acceptors (Lipinski definition) is 6. The first-order valence-corrected chi connectivity index (χ1v) is 8.70. The summed E-state index contributed by atoms with van der Waals surface area (Å²) in [6, 6.07) is 4.64. The molecule has 1 aromatic rings. The van der Waals surface area contributed by atoms with Gasteiger partial charge in [-0.2, -0.15) is 0 Å². The third-order valence-electron chi connectivity index (χ3n) is 3.86. The van der Waals surface area contributed by atoms with Crippen molar-refractivity contribution >= 4 is 11.9 Å². The first kappa shape index (κ1) is 23.2. The van der Waals surface area contributed by atoms with Gasteiger partial charge in [-0.3, -0.25) is 4.79 Å². The predicted octanol–water partition coefficient (Wildman–Crippen LogP) is 1.93. The van der Waals surface area contributed by atoms with Crippen molar-refractivity contribution in [1.82, 2.24) is 5.32 Å². The summed E-state index contributed by atoms with van der Waals surface area (Å²) in [7, 11) is 1.21. The molecule has 0 saturated heterocycles. The molecule has 0 bridgehead atoms. The second-order valence-corrected chi connectivity index (χ2v) is 6.45. The number of esters is 1. The standard InChI is InChI=1S/C18H25FN4O5/c1-11(2)16(22-23-20)17(25)21-15(18(26)27-3)8-12-4-6-14(7-5-12)28-10-13(24)9-19/h4-7,11,13,15-16,24H,8-10H2,1-3H3,(H,21,25)/t13?,15-,16+/m0/s1. The largest absolute Gasteiger partial charge is 0.491 e. The zero-order chi connectivity index (χ0) is 21.1. The van der Waals surface area contributed by atoms with E-state index in [1.165, 1.54) is 7.11 Å². The third kappa shape index (κ3) is 7.42. The van der Waals surface area contributed by atoms with E-state index < -0.39 is 36.7 Å². The minimum atomic E-state index is -1.19. The van der Waals surface area contributed by atoms with Gasteiger partial charge in [0.15, 0.2) is 0 Å². The number of amides is 1. The summed E-state index contributed by atoms with van der Waals surface area (Å²) >= 11 is 0. The zero-order valence-corrected chi connectivity index (χ0v) is 16.0. The van der Waals surface area contributed by atoms with Crippen molar-refractivity contribution in [1.29, 1.82) is 0 Å². The van der Waals surface area contributed by atoms with Crippen molar-refractivity contribution in [2.75, 3.05) is 20.4 Å². The number of azide groups is 1. The Morgan fingerprint density at radius 2 is 1.96 bits per heavy atom. The van der Waals surface area contributed by atoms with E-state index in [4.69, 9.17) is 20.1 Å². The van der Waals surface area contributed by atoms with E-state index in [0.717, 1.165) is 0 Å². The first-order chi connectivity index (χ1) is 13.3. The van der Waals surface area contributed by atoms with Gasteiger partial charge in [0.25, 0.3) is 0 Å². The van der Waals surface area contributed by atoms with Crippen LogP contribution in [0.2, 0.25) is 0 Å². The van der Waals surface area contributed by atoms with Gasteiger partial charge < -0.3 is 19.9 Å². The van der Waals surface area contributed by atoms with Crippen molar-refractivity contribution in [2.45, 2.75) is 38.5 Å². The molecule has 0 heterocycles. The number of ether oxygens (including phenoxy) is 2. The number of rotatable bonds is 11. The number of halogens is 1. The molecular formula is C18H25FN4O5. The van der Waals surface area contributed by atoms with Crippen LogP contribution in [0.5, 0.6) is 5.75 Å². The fourth-order valence-corrected chi connectivity index (χ4v) is 2.33. The topological polar surface area (TPSA) is 134 Å². The van der Waals surface area contributed by atoms with Crippen molar-refractivity contribution in [3.05, 3.63) is 40.3 Å². The molecule has 1 aromatic carbocycles. The number of hydrogen-bond donors (Lipinski definition) is 2. The van der Waals surface area contributed by atoms with E-state index in [0.29, 0.717) is 11.3 Å². The molecule has 0 radical (unpaired) electrons. The maximum absolute atomic E-state index is 12.4. The van der Waals surface area contributed by atoms with Crippen LogP contribution in [0.25, 0.3) is 10.4 Å². The Bertz CT molecular complexity index is 692. The minimum Gasteiger partial charge on any atom is -0.491 e. The van der Waals surface area contributed by atoms with E-state index in [9.17, 15) is 14.0 Å². The summed E-state index contributed by atoms with van der Waals surface area (Å²) < 4.78 is 22.2. The quantitative estimate of drug-likeness (QED) is 0.255. The Morgan fingerprint density at radius 1 is 1.32 bits per heavy atom. The Hall–Kier alpha value is -2.84. The third-order valence-corrected chi connectivity index (χ3v) is 3.86. The van der Waals surface area contributed by atoms with E-state index in [1.54, 1.807) is 38.1 Å². The van der Waals surface area contributed by atoms with Crippen LogP contribution in [0.3, 0.4) is 0 Å². The number of carbonyl (C=O) groups excluding carboxylic acids is 2. The smallest absolute Gasteiger partial charge is 0.328 e. The van der Waals surface area contributed by atoms with Crippen LogP contribution in [-0.2, 0) is 20.7 Å². The molecule has 1 rings (SSSR count). The highest BCUT2D eigenvalue weighted by Gasteiger charge is 2.27. The monoisotopic (exact) mass is 396 g/mol. The molecular weight excluding hydrogens is 371 g/mol. The lowest BCUT2D eigenvalue weighted by Gasteiger charge is -2.21. The molecule has 0 saturated carbocycles. The number of carbonyl (C=O) groups is 2. The normalized spacial score (nSPS) is 13.8. The van der Waals surface area contributed by atoms with Gasteiger partial charge in [0.1, 0.15) is 37.2 Å². The second-order valence-electron chi connectivity index (χ2n) is 6.45. The molecule has 2 N–H and O–H groups in total. The highest BCUT2D eigenvalue weighted by atomic mass is 19.1. The summed E-state index contributed by atoms with van der Waals surface area (Å²) in [5.41, 5.74) is 9.32. The number of nitrogens with zero attached hydrogens (tertiary/aromatic N) is 3. The Morgan fingerprint density at radius 3 is 2.46 bits per heavy atom. The molecule has 0 aliphatic carbocycles. The van der Waals surface area contributed by atoms with Crippen molar-refractivity contribution in [3.8, 4) is 5.75 Å². The summed E-state index contributed by atoms with van der Waals surface area (Å²) in [5.74, 6) is -1.02. The molecule has 9 nitrogen and oxygen atoms in total. The lowest BCUT2D eigenvalue weighted by atomic mass is 10.0. The summed E-state index contributed by atoms with van der Waals surface area (Å²) in [6.07, 6.45) is -1.05. The van der Waals surface area contributed by atoms with E-state index in [1.807, 2.05) is 0 Å². The SMILES string of the molecule is COC(=O)[C@H](Cc1ccc(OCC(O)CF)cc1)NC(=O)[C@H](N=[N+]=[N-])C(C)C. The first-order valence-electron chi connectivity index (χ1n) is 8.70. The predicted molar refractivity (Wildman–Crippen MR) is 99.3 cm³/mol.